The molecule has 0 aliphatic rings. The number of hydrogen-bond acceptors (Lipinski definition) is 3. The van der Waals surface area contributed by atoms with Gasteiger partial charge < -0.3 is 15.6 Å². The maximum absolute atomic E-state index is 12.3. The summed E-state index contributed by atoms with van der Waals surface area (Å²) in [4.78, 5) is 10.0. The topological polar surface area (TPSA) is 81.5 Å². The van der Waals surface area contributed by atoms with Gasteiger partial charge in [0.15, 0.2) is 0 Å². The Morgan fingerprint density at radius 3 is 2.14 bits per heavy atom. The molecule has 21 heavy (non-hydrogen) atoms. The first kappa shape index (κ1) is 15.3. The molecule has 0 amide bonds. The average molecular weight is 301 g/mol. The minimum absolute atomic E-state index is 0. The van der Waals surface area contributed by atoms with Crippen molar-refractivity contribution in [3.8, 4) is 5.75 Å². The number of benzene rings is 3. The van der Waals surface area contributed by atoms with Gasteiger partial charge in [-0.25, -0.2) is 4.57 Å². The molecule has 0 saturated heterocycles. The van der Waals surface area contributed by atoms with Crippen molar-refractivity contribution in [1.82, 2.24) is 6.15 Å². The van der Waals surface area contributed by atoms with Gasteiger partial charge in [0.1, 0.15) is 5.75 Å². The molecule has 4 N–H and O–H groups in total. The monoisotopic (exact) mass is 301 g/mol. The molecule has 0 bridgehead atoms. The maximum Gasteiger partial charge on any atom is 0.408 e. The van der Waals surface area contributed by atoms with Crippen LogP contribution in [0.5, 0.6) is 5.75 Å². The van der Waals surface area contributed by atoms with Crippen LogP contribution in [-0.4, -0.2) is 4.89 Å². The average Bonchev–Trinajstić information content (AvgIpc) is 2.48. The third-order valence-corrected chi connectivity index (χ3v) is 4.44. The second-order valence-electron chi connectivity index (χ2n) is 4.46. The summed E-state index contributed by atoms with van der Waals surface area (Å²) in [6.45, 7) is 0. The van der Waals surface area contributed by atoms with Crippen LogP contribution in [0.2, 0.25) is 0 Å². The summed E-state index contributed by atoms with van der Waals surface area (Å²) in [6, 6.07) is 21.5. The van der Waals surface area contributed by atoms with Crippen LogP contribution < -0.4 is 16.0 Å². The van der Waals surface area contributed by atoms with Crippen molar-refractivity contribution >= 4 is 23.7 Å². The van der Waals surface area contributed by atoms with Gasteiger partial charge in [-0.3, -0.25) is 0 Å². The molecule has 0 fully saturated rings. The molecule has 5 heteroatoms. The Morgan fingerprint density at radius 1 is 0.810 bits per heavy atom. The van der Waals surface area contributed by atoms with Crippen molar-refractivity contribution in [2.75, 3.05) is 0 Å². The molecule has 0 aliphatic carbocycles. The lowest BCUT2D eigenvalue weighted by Crippen LogP contribution is -2.08. The third kappa shape index (κ3) is 3.31. The summed E-state index contributed by atoms with van der Waals surface area (Å²) in [5.41, 5.74) is 0. The summed E-state index contributed by atoms with van der Waals surface area (Å²) in [7, 11) is -3.84. The minimum atomic E-state index is -3.84. The molecule has 1 atom stereocenters. The smallest absolute Gasteiger partial charge is 0.408 e. The number of hydrogen-bond donors (Lipinski definition) is 2. The lowest BCUT2D eigenvalue weighted by Gasteiger charge is -2.13. The summed E-state index contributed by atoms with van der Waals surface area (Å²) < 4.78 is 17.6. The molecule has 0 aliphatic heterocycles. The molecule has 0 spiro atoms. The van der Waals surface area contributed by atoms with Gasteiger partial charge in [-0.15, -0.1) is 0 Å². The molecular formula is C16H16NO3P. The number of rotatable bonds is 3. The lowest BCUT2D eigenvalue weighted by atomic mass is 10.1. The van der Waals surface area contributed by atoms with Gasteiger partial charge in [0.2, 0.25) is 0 Å². The molecular weight excluding hydrogens is 285 g/mol. The zero-order chi connectivity index (χ0) is 14.0. The summed E-state index contributed by atoms with van der Waals surface area (Å²) in [5.74, 6) is 0.387. The molecule has 0 aromatic heterocycles. The van der Waals surface area contributed by atoms with Crippen molar-refractivity contribution in [2.45, 2.75) is 0 Å². The van der Waals surface area contributed by atoms with E-state index in [4.69, 9.17) is 4.52 Å². The van der Waals surface area contributed by atoms with E-state index in [0.29, 0.717) is 5.75 Å². The Labute approximate surface area is 123 Å². The zero-order valence-corrected chi connectivity index (χ0v) is 12.2. The van der Waals surface area contributed by atoms with Crippen LogP contribution in [0.25, 0.3) is 10.8 Å². The van der Waals surface area contributed by atoms with Gasteiger partial charge in [-0.05, 0) is 35.0 Å². The van der Waals surface area contributed by atoms with E-state index >= 15 is 0 Å². The van der Waals surface area contributed by atoms with E-state index in [1.807, 2.05) is 30.3 Å². The minimum Gasteiger partial charge on any atom is -0.421 e. The lowest BCUT2D eigenvalue weighted by molar-refractivity contribution is 0.393. The van der Waals surface area contributed by atoms with Crippen molar-refractivity contribution in [1.29, 1.82) is 0 Å². The Kier molecular flexibility index (Phi) is 4.43. The first-order valence-electron chi connectivity index (χ1n) is 6.22. The quantitative estimate of drug-likeness (QED) is 0.719. The Balaban J connectivity index is 0.00000161. The standard InChI is InChI=1S/C16H13O3P.H3N/c17-20(18,16-8-2-1-3-9-16)19-15-11-10-13-6-4-5-7-14(13)12-15;/h1-12H,(H,17,18);1H3. The van der Waals surface area contributed by atoms with Gasteiger partial charge >= 0.3 is 7.60 Å². The van der Waals surface area contributed by atoms with E-state index < -0.39 is 7.60 Å². The van der Waals surface area contributed by atoms with Crippen molar-refractivity contribution < 1.29 is 14.0 Å². The van der Waals surface area contributed by atoms with E-state index in [9.17, 15) is 9.46 Å². The highest BCUT2D eigenvalue weighted by Gasteiger charge is 2.23. The van der Waals surface area contributed by atoms with Crippen molar-refractivity contribution in [3.05, 3.63) is 72.8 Å². The normalized spacial score (nSPS) is 13.2. The fourth-order valence-electron chi connectivity index (χ4n) is 2.04. The van der Waals surface area contributed by atoms with Crippen LogP contribution in [0.15, 0.2) is 72.8 Å². The van der Waals surface area contributed by atoms with Gasteiger partial charge in [-0.1, -0.05) is 48.5 Å². The highest BCUT2D eigenvalue weighted by molar-refractivity contribution is 7.61. The summed E-state index contributed by atoms with van der Waals surface area (Å²) in [5, 5.41) is 2.32. The van der Waals surface area contributed by atoms with Crippen LogP contribution >= 0.6 is 7.60 Å². The molecule has 0 radical (unpaired) electrons. The maximum atomic E-state index is 12.3. The van der Waals surface area contributed by atoms with E-state index in [2.05, 4.69) is 0 Å². The molecule has 108 valence electrons. The number of fused-ring (bicyclic) bond motifs is 1. The van der Waals surface area contributed by atoms with Crippen molar-refractivity contribution in [2.24, 2.45) is 0 Å². The van der Waals surface area contributed by atoms with Crippen molar-refractivity contribution in [3.63, 3.8) is 0 Å². The highest BCUT2D eigenvalue weighted by atomic mass is 31.2. The summed E-state index contributed by atoms with van der Waals surface area (Å²) >= 11 is 0. The second kappa shape index (κ2) is 6.10. The first-order chi connectivity index (χ1) is 9.65. The predicted molar refractivity (Wildman–Crippen MR) is 85.5 cm³/mol. The second-order valence-corrected chi connectivity index (χ2v) is 6.20. The Morgan fingerprint density at radius 2 is 1.43 bits per heavy atom. The Hall–Kier alpha value is -2.13. The van der Waals surface area contributed by atoms with Crippen LogP contribution in [0.1, 0.15) is 0 Å². The predicted octanol–water partition coefficient (Wildman–Crippen LogP) is 3.89. The molecule has 3 aromatic carbocycles. The largest absolute Gasteiger partial charge is 0.421 e. The van der Waals surface area contributed by atoms with Gasteiger partial charge in [0.25, 0.3) is 0 Å². The summed E-state index contributed by atoms with van der Waals surface area (Å²) in [6.07, 6.45) is 0. The van der Waals surface area contributed by atoms with Gasteiger partial charge in [0.05, 0.1) is 5.30 Å². The van der Waals surface area contributed by atoms with E-state index in [-0.39, 0.29) is 11.5 Å². The van der Waals surface area contributed by atoms with Crippen LogP contribution in [0.4, 0.5) is 0 Å². The van der Waals surface area contributed by atoms with Crippen LogP contribution in [0.3, 0.4) is 0 Å². The van der Waals surface area contributed by atoms with E-state index in [0.717, 1.165) is 10.8 Å². The third-order valence-electron chi connectivity index (χ3n) is 3.03. The first-order valence-corrected chi connectivity index (χ1v) is 7.80. The van der Waals surface area contributed by atoms with E-state index in [1.165, 1.54) is 0 Å². The van der Waals surface area contributed by atoms with Gasteiger partial charge in [0, 0.05) is 0 Å². The Bertz CT molecular complexity index is 790. The molecule has 4 nitrogen and oxygen atoms in total. The fraction of sp³-hybridized carbons (Fsp3) is 0. The molecule has 0 saturated carbocycles. The molecule has 3 aromatic rings. The SMILES string of the molecule is N.O=P(O)(Oc1ccc2ccccc2c1)c1ccccc1. The van der Waals surface area contributed by atoms with Crippen LogP contribution in [-0.2, 0) is 4.57 Å². The van der Waals surface area contributed by atoms with Gasteiger partial charge in [-0.2, -0.15) is 0 Å². The molecule has 1 unspecified atom stereocenters. The zero-order valence-electron chi connectivity index (χ0n) is 11.3. The highest BCUT2D eigenvalue weighted by Crippen LogP contribution is 2.41. The fourth-order valence-corrected chi connectivity index (χ4v) is 3.09. The molecule has 3 rings (SSSR count). The van der Waals surface area contributed by atoms with Crippen LogP contribution in [0, 0.1) is 0 Å². The van der Waals surface area contributed by atoms with E-state index in [1.54, 1.807) is 42.5 Å². The molecule has 0 heterocycles.